The molecule has 0 radical (unpaired) electrons. The van der Waals surface area contributed by atoms with Crippen LogP contribution in [0.5, 0.6) is 0 Å². The molecule has 8 heteroatoms. The van der Waals surface area contributed by atoms with Crippen LogP contribution >= 0.6 is 11.3 Å². The maximum absolute atomic E-state index is 10.8. The molecule has 0 amide bonds. The van der Waals surface area contributed by atoms with Crippen LogP contribution in [0.4, 0.5) is 5.69 Å². The monoisotopic (exact) mass is 387 g/mol. The lowest BCUT2D eigenvalue weighted by atomic mass is 10.2. The summed E-state index contributed by atoms with van der Waals surface area (Å²) in [6.07, 6.45) is 0. The second-order valence-electron chi connectivity index (χ2n) is 6.44. The quantitative estimate of drug-likeness (QED) is 0.357. The van der Waals surface area contributed by atoms with Crippen LogP contribution in [0.2, 0.25) is 0 Å². The zero-order valence-electron chi connectivity index (χ0n) is 15.5. The molecule has 27 heavy (non-hydrogen) atoms. The molecule has 1 aromatic carbocycles. The summed E-state index contributed by atoms with van der Waals surface area (Å²) in [7, 11) is 0. The largest absolute Gasteiger partial charge is 0.357 e. The Balaban J connectivity index is 1.56. The normalized spacial score (nSPS) is 15.7. The molecule has 0 spiro atoms. The van der Waals surface area contributed by atoms with E-state index < -0.39 is 0 Å². The van der Waals surface area contributed by atoms with Gasteiger partial charge < -0.3 is 10.2 Å². The Kier molecular flexibility index (Phi) is 6.78. The van der Waals surface area contributed by atoms with Gasteiger partial charge in [-0.15, -0.1) is 11.3 Å². The molecule has 2 aromatic rings. The molecule has 0 bridgehead atoms. The van der Waals surface area contributed by atoms with Gasteiger partial charge >= 0.3 is 0 Å². The number of non-ortho nitro benzene ring substituents is 1. The molecule has 2 heterocycles. The van der Waals surface area contributed by atoms with Crippen LogP contribution in [-0.4, -0.2) is 53.4 Å². The Hall–Kier alpha value is -2.45. The van der Waals surface area contributed by atoms with Crippen LogP contribution in [0, 0.1) is 10.1 Å². The molecule has 144 valence electrons. The third-order valence-corrected chi connectivity index (χ3v) is 5.39. The molecule has 7 nitrogen and oxygen atoms in total. The number of thiophene rings is 1. The second kappa shape index (κ2) is 9.48. The minimum atomic E-state index is -0.382. The summed E-state index contributed by atoms with van der Waals surface area (Å²) in [4.78, 5) is 21.3. The van der Waals surface area contributed by atoms with Gasteiger partial charge in [-0.1, -0.05) is 18.2 Å². The molecule has 1 fully saturated rings. The summed E-state index contributed by atoms with van der Waals surface area (Å²) in [5, 5.41) is 16.2. The van der Waals surface area contributed by atoms with E-state index in [2.05, 4.69) is 39.6 Å². The van der Waals surface area contributed by atoms with Crippen molar-refractivity contribution in [1.82, 2.24) is 15.1 Å². The Bertz CT molecular complexity index is 753. The fourth-order valence-corrected chi connectivity index (χ4v) is 3.80. The predicted molar refractivity (Wildman–Crippen MR) is 109 cm³/mol. The molecule has 1 aromatic heterocycles. The number of nitro benzene ring substituents is 1. The van der Waals surface area contributed by atoms with Crippen LogP contribution in [-0.2, 0) is 13.1 Å². The van der Waals surface area contributed by atoms with E-state index in [0.717, 1.165) is 50.8 Å². The Labute approximate surface area is 163 Å². The first-order valence-corrected chi connectivity index (χ1v) is 10.0. The predicted octanol–water partition coefficient (Wildman–Crippen LogP) is 2.94. The van der Waals surface area contributed by atoms with Gasteiger partial charge in [0.15, 0.2) is 5.96 Å². The summed E-state index contributed by atoms with van der Waals surface area (Å²) < 4.78 is 0. The van der Waals surface area contributed by atoms with E-state index in [1.807, 2.05) is 0 Å². The van der Waals surface area contributed by atoms with E-state index in [4.69, 9.17) is 4.99 Å². The third-order valence-electron chi connectivity index (χ3n) is 4.52. The van der Waals surface area contributed by atoms with E-state index in [1.54, 1.807) is 23.5 Å². The van der Waals surface area contributed by atoms with Gasteiger partial charge in [-0.25, -0.2) is 4.99 Å². The number of nitrogens with one attached hydrogen (secondary N) is 1. The summed E-state index contributed by atoms with van der Waals surface area (Å²) >= 11 is 1.81. The van der Waals surface area contributed by atoms with Gasteiger partial charge in [0.05, 0.1) is 11.5 Å². The van der Waals surface area contributed by atoms with Gasteiger partial charge in [-0.3, -0.25) is 15.0 Å². The van der Waals surface area contributed by atoms with Gasteiger partial charge in [0, 0.05) is 56.3 Å². The Morgan fingerprint density at radius 1 is 1.22 bits per heavy atom. The molecule has 1 aliphatic rings. The first-order valence-electron chi connectivity index (χ1n) is 9.17. The summed E-state index contributed by atoms with van der Waals surface area (Å²) in [5.41, 5.74) is 1.07. The molecule has 1 N–H and O–H groups in total. The van der Waals surface area contributed by atoms with Crippen molar-refractivity contribution in [2.24, 2.45) is 4.99 Å². The van der Waals surface area contributed by atoms with E-state index >= 15 is 0 Å². The molecule has 1 saturated heterocycles. The van der Waals surface area contributed by atoms with Crippen molar-refractivity contribution in [2.45, 2.75) is 20.0 Å². The SMILES string of the molecule is CCNC(=NCc1ccc([N+](=O)[O-])cc1)N1CCN(Cc2cccs2)CC1. The van der Waals surface area contributed by atoms with Crippen LogP contribution in [0.1, 0.15) is 17.4 Å². The number of guanidine groups is 1. The van der Waals surface area contributed by atoms with E-state index in [9.17, 15) is 10.1 Å². The van der Waals surface area contributed by atoms with Gasteiger partial charge in [0.2, 0.25) is 0 Å². The van der Waals surface area contributed by atoms with E-state index in [0.29, 0.717) is 6.54 Å². The number of hydrogen-bond donors (Lipinski definition) is 1. The lowest BCUT2D eigenvalue weighted by Gasteiger charge is -2.36. The van der Waals surface area contributed by atoms with Gasteiger partial charge in [0.1, 0.15) is 0 Å². The molecule has 0 saturated carbocycles. The maximum Gasteiger partial charge on any atom is 0.269 e. The zero-order chi connectivity index (χ0) is 19.1. The van der Waals surface area contributed by atoms with E-state index in [1.165, 1.54) is 17.0 Å². The van der Waals surface area contributed by atoms with Crippen LogP contribution in [0.25, 0.3) is 0 Å². The van der Waals surface area contributed by atoms with Gasteiger partial charge in [-0.2, -0.15) is 0 Å². The number of nitrogens with zero attached hydrogens (tertiary/aromatic N) is 4. The molecule has 0 aliphatic carbocycles. The molecule has 0 atom stereocenters. The molecular formula is C19H25N5O2S. The lowest BCUT2D eigenvalue weighted by Crippen LogP contribution is -2.52. The van der Waals surface area contributed by atoms with Gasteiger partial charge in [0.25, 0.3) is 5.69 Å². The minimum absolute atomic E-state index is 0.108. The summed E-state index contributed by atoms with van der Waals surface area (Å²) in [6.45, 7) is 8.31. The van der Waals surface area contributed by atoms with Crippen molar-refractivity contribution in [3.05, 3.63) is 62.3 Å². The van der Waals surface area contributed by atoms with Crippen molar-refractivity contribution < 1.29 is 4.92 Å². The lowest BCUT2D eigenvalue weighted by molar-refractivity contribution is -0.384. The average Bonchev–Trinajstić information content (AvgIpc) is 3.19. The minimum Gasteiger partial charge on any atom is -0.357 e. The zero-order valence-corrected chi connectivity index (χ0v) is 16.3. The fourth-order valence-electron chi connectivity index (χ4n) is 3.06. The van der Waals surface area contributed by atoms with Crippen molar-refractivity contribution in [2.75, 3.05) is 32.7 Å². The van der Waals surface area contributed by atoms with E-state index in [-0.39, 0.29) is 10.6 Å². The second-order valence-corrected chi connectivity index (χ2v) is 7.47. The topological polar surface area (TPSA) is 74.0 Å². The highest BCUT2D eigenvalue weighted by Crippen LogP contribution is 2.15. The standard InChI is InChI=1S/C19H25N5O2S/c1-2-20-19(21-14-16-5-7-17(8-6-16)24(25)26)23-11-9-22(10-12-23)15-18-4-3-13-27-18/h3-8,13H,2,9-12,14-15H2,1H3,(H,20,21). The fraction of sp³-hybridized carbons (Fsp3) is 0.421. The van der Waals surface area contributed by atoms with Crippen molar-refractivity contribution >= 4 is 23.0 Å². The molecule has 0 unspecified atom stereocenters. The van der Waals surface area contributed by atoms with Crippen LogP contribution < -0.4 is 5.32 Å². The van der Waals surface area contributed by atoms with Gasteiger partial charge in [-0.05, 0) is 23.9 Å². The first kappa shape index (κ1) is 19.3. The molecule has 3 rings (SSSR count). The maximum atomic E-state index is 10.8. The Morgan fingerprint density at radius 3 is 2.56 bits per heavy atom. The number of piperazine rings is 1. The first-order chi connectivity index (χ1) is 13.2. The highest BCUT2D eigenvalue weighted by molar-refractivity contribution is 7.09. The number of nitro groups is 1. The highest BCUT2D eigenvalue weighted by Gasteiger charge is 2.19. The number of rotatable bonds is 6. The third kappa shape index (κ3) is 5.51. The smallest absolute Gasteiger partial charge is 0.269 e. The number of benzene rings is 1. The molecule has 1 aliphatic heterocycles. The molecular weight excluding hydrogens is 362 g/mol. The van der Waals surface area contributed by atoms with Crippen LogP contribution in [0.15, 0.2) is 46.8 Å². The Morgan fingerprint density at radius 2 is 1.96 bits per heavy atom. The summed E-state index contributed by atoms with van der Waals surface area (Å²) in [6, 6.07) is 10.9. The summed E-state index contributed by atoms with van der Waals surface area (Å²) in [5.74, 6) is 0.909. The van der Waals surface area contributed by atoms with Crippen molar-refractivity contribution in [1.29, 1.82) is 0 Å². The van der Waals surface area contributed by atoms with Crippen LogP contribution in [0.3, 0.4) is 0 Å². The number of hydrogen-bond acceptors (Lipinski definition) is 5. The number of aliphatic imine (C=N–C) groups is 1. The van der Waals surface area contributed by atoms with Crippen molar-refractivity contribution in [3.8, 4) is 0 Å². The average molecular weight is 388 g/mol. The highest BCUT2D eigenvalue weighted by atomic mass is 32.1. The van der Waals surface area contributed by atoms with Crippen molar-refractivity contribution in [3.63, 3.8) is 0 Å².